The fraction of sp³-hybridized carbons (Fsp3) is 0.458. The zero-order valence-electron chi connectivity index (χ0n) is 37.9. The first-order valence-corrected chi connectivity index (χ1v) is 23.0. The van der Waals surface area contributed by atoms with Crippen molar-refractivity contribution in [3.05, 3.63) is 81.6 Å². The average Bonchev–Trinajstić information content (AvgIpc) is 3.69. The number of aromatic amines is 1. The molecule has 2 aromatic carbocycles. The second-order valence-corrected chi connectivity index (χ2v) is 17.2. The zero-order valence-corrected chi connectivity index (χ0v) is 37.9. The van der Waals surface area contributed by atoms with Gasteiger partial charge in [-0.2, -0.15) is 5.10 Å². The van der Waals surface area contributed by atoms with Gasteiger partial charge in [0.05, 0.1) is 43.2 Å². The second-order valence-electron chi connectivity index (χ2n) is 17.2. The summed E-state index contributed by atoms with van der Waals surface area (Å²) in [7, 11) is 0. The molecule has 1 unspecified atom stereocenters. The van der Waals surface area contributed by atoms with Crippen molar-refractivity contribution >= 4 is 57.2 Å². The highest BCUT2D eigenvalue weighted by molar-refractivity contribution is 6.13. The number of fused-ring (bicyclic) bond motifs is 4. The van der Waals surface area contributed by atoms with Crippen LogP contribution in [0.1, 0.15) is 106 Å². The lowest BCUT2D eigenvalue weighted by Gasteiger charge is -2.29. The smallest absolute Gasteiger partial charge is 0.289 e. The van der Waals surface area contributed by atoms with E-state index in [0.29, 0.717) is 95.1 Å². The van der Waals surface area contributed by atoms with E-state index in [-0.39, 0.29) is 24.1 Å². The maximum Gasteiger partial charge on any atom is 0.289 e. The van der Waals surface area contributed by atoms with Crippen LogP contribution in [0.3, 0.4) is 0 Å². The van der Waals surface area contributed by atoms with E-state index < -0.39 is 17.9 Å². The van der Waals surface area contributed by atoms with Crippen molar-refractivity contribution in [2.45, 2.75) is 97.7 Å². The summed E-state index contributed by atoms with van der Waals surface area (Å²) in [6.45, 7) is 12.0. The van der Waals surface area contributed by atoms with Crippen LogP contribution in [0.4, 0.5) is 11.6 Å². The predicted octanol–water partition coefficient (Wildman–Crippen LogP) is 6.09. The fourth-order valence-corrected chi connectivity index (χ4v) is 9.01. The number of anilines is 2. The van der Waals surface area contributed by atoms with E-state index in [1.54, 1.807) is 11.0 Å². The maximum absolute atomic E-state index is 13.6. The number of hydrogen-bond donors (Lipinski definition) is 4. The SMILES string of the molecule is CCn1nc(C2CC2)cc1Nc1nc(C(=O)NCCCOCCOCCOCCCc2cccc3c2CN(C2CCC(=O)NC2=O)C3=O)nc2[nH]c3cc(-c4c(C)noc4C)c(C)cc3c12. The van der Waals surface area contributed by atoms with Gasteiger partial charge in [-0.3, -0.25) is 24.5 Å². The monoisotopic (exact) mass is 900 g/mol. The molecule has 4 aromatic heterocycles. The first-order valence-electron chi connectivity index (χ1n) is 23.0. The molecular formula is C48H56N10O8. The van der Waals surface area contributed by atoms with Crippen molar-refractivity contribution in [1.29, 1.82) is 0 Å². The van der Waals surface area contributed by atoms with Crippen LogP contribution in [0.25, 0.3) is 33.1 Å². The number of nitrogens with zero attached hydrogens (tertiary/aromatic N) is 6. The molecule has 1 saturated carbocycles. The number of piperidine rings is 1. The molecule has 1 aliphatic carbocycles. The molecule has 346 valence electrons. The molecule has 66 heavy (non-hydrogen) atoms. The van der Waals surface area contributed by atoms with Gasteiger partial charge in [-0.05, 0) is 107 Å². The molecule has 9 rings (SSSR count). The lowest BCUT2D eigenvalue weighted by molar-refractivity contribution is -0.136. The van der Waals surface area contributed by atoms with Gasteiger partial charge in [-0.25, -0.2) is 14.6 Å². The summed E-state index contributed by atoms with van der Waals surface area (Å²) < 4.78 is 24.7. The van der Waals surface area contributed by atoms with E-state index in [0.717, 1.165) is 92.8 Å². The number of imide groups is 1. The quantitative estimate of drug-likeness (QED) is 0.0475. The number of ether oxygens (including phenoxy) is 3. The number of aromatic nitrogens is 6. The number of amides is 4. The Bertz CT molecular complexity index is 2790. The van der Waals surface area contributed by atoms with E-state index in [2.05, 4.69) is 58.1 Å². The number of carbonyl (C=O) groups is 4. The van der Waals surface area contributed by atoms with Crippen molar-refractivity contribution in [3.63, 3.8) is 0 Å². The number of hydrogen-bond acceptors (Lipinski definition) is 13. The third-order valence-corrected chi connectivity index (χ3v) is 12.6. The molecule has 3 aliphatic rings. The Morgan fingerprint density at radius 1 is 0.924 bits per heavy atom. The van der Waals surface area contributed by atoms with Gasteiger partial charge in [0.15, 0.2) is 0 Å². The van der Waals surface area contributed by atoms with E-state index in [9.17, 15) is 19.2 Å². The zero-order chi connectivity index (χ0) is 45.9. The van der Waals surface area contributed by atoms with Crippen molar-refractivity contribution in [2.75, 3.05) is 51.5 Å². The molecule has 1 saturated heterocycles. The molecule has 0 radical (unpaired) electrons. The van der Waals surface area contributed by atoms with Crippen LogP contribution < -0.4 is 16.0 Å². The molecule has 18 heteroatoms. The summed E-state index contributed by atoms with van der Waals surface area (Å²) in [4.78, 5) is 65.3. The van der Waals surface area contributed by atoms with Gasteiger partial charge in [0.1, 0.15) is 29.1 Å². The van der Waals surface area contributed by atoms with Crippen LogP contribution in [0.2, 0.25) is 0 Å². The molecule has 6 heterocycles. The minimum Gasteiger partial charge on any atom is -0.379 e. The third kappa shape index (κ3) is 9.43. The Labute approximate surface area is 381 Å². The largest absolute Gasteiger partial charge is 0.379 e. The molecule has 6 aromatic rings. The Hall–Kier alpha value is -6.50. The Morgan fingerprint density at radius 3 is 2.42 bits per heavy atom. The lowest BCUT2D eigenvalue weighted by Crippen LogP contribution is -2.52. The molecule has 4 N–H and O–H groups in total. The number of rotatable bonds is 21. The minimum atomic E-state index is -0.630. The van der Waals surface area contributed by atoms with Crippen molar-refractivity contribution in [3.8, 4) is 11.1 Å². The van der Waals surface area contributed by atoms with Crippen LogP contribution in [0.15, 0.2) is 40.9 Å². The number of benzene rings is 2. The Balaban J connectivity index is 0.721. The van der Waals surface area contributed by atoms with Crippen LogP contribution >= 0.6 is 0 Å². The second kappa shape index (κ2) is 19.5. The normalized spacial score (nSPS) is 16.2. The molecular weight excluding hydrogens is 845 g/mol. The van der Waals surface area contributed by atoms with Crippen LogP contribution in [-0.4, -0.2) is 111 Å². The summed E-state index contributed by atoms with van der Waals surface area (Å²) >= 11 is 0. The summed E-state index contributed by atoms with van der Waals surface area (Å²) in [5.74, 6) is 1.32. The van der Waals surface area contributed by atoms with Gasteiger partial charge in [0, 0.05) is 73.3 Å². The van der Waals surface area contributed by atoms with Crippen LogP contribution in [0.5, 0.6) is 0 Å². The average molecular weight is 901 g/mol. The first kappa shape index (κ1) is 44.7. The molecule has 0 bridgehead atoms. The van der Waals surface area contributed by atoms with Gasteiger partial charge in [0.25, 0.3) is 11.8 Å². The van der Waals surface area contributed by atoms with Gasteiger partial charge in [0.2, 0.25) is 17.6 Å². The van der Waals surface area contributed by atoms with Crippen LogP contribution in [-0.2, 0) is 43.3 Å². The molecule has 18 nitrogen and oxygen atoms in total. The van der Waals surface area contributed by atoms with Crippen molar-refractivity contribution < 1.29 is 37.9 Å². The minimum absolute atomic E-state index is 0.0409. The molecule has 0 spiro atoms. The number of aryl methyl sites for hydroxylation is 5. The predicted molar refractivity (Wildman–Crippen MR) is 244 cm³/mol. The van der Waals surface area contributed by atoms with E-state index in [4.69, 9.17) is 33.8 Å². The van der Waals surface area contributed by atoms with E-state index in [1.807, 2.05) is 30.7 Å². The lowest BCUT2D eigenvalue weighted by atomic mass is 9.97. The third-order valence-electron chi connectivity index (χ3n) is 12.6. The van der Waals surface area contributed by atoms with Crippen molar-refractivity contribution in [2.24, 2.45) is 0 Å². The standard InChI is InChI=1S/C48H56N10O8/c1-5-58-39(25-36(55-58)31-12-13-31)51-44-42-34-23-27(2)33(41-28(3)56-66-29(41)4)24-37(34)50-43(42)53-45(54-44)47(61)49-16-8-18-64-20-22-65-21-19-63-17-7-10-30-9-6-11-32-35(30)26-57(48(32)62)38-14-15-40(59)52-46(38)60/h6,9,11,23-25,31,38H,5,7-8,10,12-22,26H2,1-4H3,(H,49,61)(H,52,59,60)(H2,50,51,53,54). The topological polar surface area (TPSA) is 221 Å². The van der Waals surface area contributed by atoms with Crippen molar-refractivity contribution in [1.82, 2.24) is 45.4 Å². The highest BCUT2D eigenvalue weighted by atomic mass is 16.5. The first-order chi connectivity index (χ1) is 32.1. The van der Waals surface area contributed by atoms with E-state index in [1.165, 1.54) is 0 Å². The Kier molecular flexibility index (Phi) is 13.2. The summed E-state index contributed by atoms with van der Waals surface area (Å²) in [5, 5.41) is 19.6. The highest BCUT2D eigenvalue weighted by Crippen LogP contribution is 2.41. The number of nitrogens with one attached hydrogen (secondary N) is 4. The highest BCUT2D eigenvalue weighted by Gasteiger charge is 2.39. The maximum atomic E-state index is 13.6. The molecule has 2 aliphatic heterocycles. The molecule has 2 fully saturated rings. The molecule has 1 atom stereocenters. The van der Waals surface area contributed by atoms with E-state index >= 15 is 0 Å². The Morgan fingerprint density at radius 2 is 1.70 bits per heavy atom. The summed E-state index contributed by atoms with van der Waals surface area (Å²) in [6, 6.07) is 11.3. The van der Waals surface area contributed by atoms with Gasteiger partial charge < -0.3 is 39.3 Å². The molecule has 4 amide bonds. The number of H-pyrrole nitrogens is 1. The number of carbonyl (C=O) groups excluding carboxylic acids is 4. The van der Waals surface area contributed by atoms with Gasteiger partial charge >= 0.3 is 0 Å². The van der Waals surface area contributed by atoms with Gasteiger partial charge in [-0.15, -0.1) is 0 Å². The van der Waals surface area contributed by atoms with Crippen LogP contribution in [0, 0.1) is 20.8 Å². The fourth-order valence-electron chi connectivity index (χ4n) is 9.01. The summed E-state index contributed by atoms with van der Waals surface area (Å²) in [6.07, 6.45) is 4.93. The van der Waals surface area contributed by atoms with Gasteiger partial charge in [-0.1, -0.05) is 17.3 Å². The summed E-state index contributed by atoms with van der Waals surface area (Å²) in [5.41, 5.74) is 8.89.